The Morgan fingerprint density at radius 3 is 2.50 bits per heavy atom. The third-order valence-corrected chi connectivity index (χ3v) is 3.46. The molecule has 0 aromatic heterocycles. The predicted molar refractivity (Wildman–Crippen MR) is 86.4 cm³/mol. The number of hydrogen-bond donors (Lipinski definition) is 1. The van der Waals surface area contributed by atoms with Gasteiger partial charge in [-0.15, -0.1) is 0 Å². The lowest BCUT2D eigenvalue weighted by atomic mass is 10.0. The first-order chi connectivity index (χ1) is 9.60. The van der Waals surface area contributed by atoms with Crippen LogP contribution in [0.25, 0.3) is 0 Å². The van der Waals surface area contributed by atoms with Crippen molar-refractivity contribution < 1.29 is 4.74 Å². The molecule has 0 saturated heterocycles. The molecular formula is C17H30N2O. The molecule has 0 spiro atoms. The van der Waals surface area contributed by atoms with Crippen LogP contribution in [0.2, 0.25) is 0 Å². The van der Waals surface area contributed by atoms with Crippen molar-refractivity contribution in [3.8, 4) is 5.75 Å². The maximum Gasteiger partial charge on any atom is 0.119 e. The lowest BCUT2D eigenvalue weighted by Crippen LogP contribution is -2.37. The van der Waals surface area contributed by atoms with Crippen molar-refractivity contribution in [1.29, 1.82) is 0 Å². The van der Waals surface area contributed by atoms with Gasteiger partial charge in [-0.2, -0.15) is 0 Å². The zero-order valence-corrected chi connectivity index (χ0v) is 13.6. The standard InChI is InChI=1S/C17H30N2O/c1-6-18-17(13-19(7-2)12-14(3)4)15-9-8-10-16(11-15)20-5/h8-11,14,17-18H,6-7,12-13H2,1-5H3. The van der Waals surface area contributed by atoms with Crippen molar-refractivity contribution in [1.82, 2.24) is 10.2 Å². The summed E-state index contributed by atoms with van der Waals surface area (Å²) in [5, 5.41) is 3.59. The maximum absolute atomic E-state index is 5.34. The molecule has 0 aliphatic rings. The first kappa shape index (κ1) is 17.0. The normalized spacial score (nSPS) is 12.9. The van der Waals surface area contributed by atoms with Gasteiger partial charge in [0, 0.05) is 19.1 Å². The van der Waals surface area contributed by atoms with Crippen molar-refractivity contribution in [2.24, 2.45) is 5.92 Å². The molecule has 1 atom stereocenters. The number of ether oxygens (including phenoxy) is 1. The van der Waals surface area contributed by atoms with Gasteiger partial charge < -0.3 is 15.0 Å². The van der Waals surface area contributed by atoms with E-state index in [0.29, 0.717) is 12.0 Å². The van der Waals surface area contributed by atoms with Gasteiger partial charge in [0.05, 0.1) is 7.11 Å². The van der Waals surface area contributed by atoms with Gasteiger partial charge >= 0.3 is 0 Å². The predicted octanol–water partition coefficient (Wildman–Crippen LogP) is 3.32. The van der Waals surface area contributed by atoms with Crippen LogP contribution in [0, 0.1) is 5.92 Å². The summed E-state index contributed by atoms with van der Waals surface area (Å²) >= 11 is 0. The number of rotatable bonds is 9. The largest absolute Gasteiger partial charge is 0.497 e. The summed E-state index contributed by atoms with van der Waals surface area (Å²) in [5.74, 6) is 1.62. The molecular weight excluding hydrogens is 248 g/mol. The summed E-state index contributed by atoms with van der Waals surface area (Å²) in [4.78, 5) is 2.51. The molecule has 1 aromatic rings. The minimum absolute atomic E-state index is 0.355. The quantitative estimate of drug-likeness (QED) is 0.750. The zero-order valence-electron chi connectivity index (χ0n) is 13.6. The van der Waals surface area contributed by atoms with Gasteiger partial charge in [-0.25, -0.2) is 0 Å². The molecule has 1 N–H and O–H groups in total. The lowest BCUT2D eigenvalue weighted by Gasteiger charge is -2.28. The molecule has 3 heteroatoms. The Labute approximate surface area is 124 Å². The van der Waals surface area contributed by atoms with E-state index in [9.17, 15) is 0 Å². The average molecular weight is 278 g/mol. The van der Waals surface area contributed by atoms with E-state index in [1.165, 1.54) is 5.56 Å². The lowest BCUT2D eigenvalue weighted by molar-refractivity contribution is 0.229. The first-order valence-electron chi connectivity index (χ1n) is 7.70. The van der Waals surface area contributed by atoms with Gasteiger partial charge in [-0.05, 0) is 36.7 Å². The van der Waals surface area contributed by atoms with E-state index in [4.69, 9.17) is 4.74 Å². The van der Waals surface area contributed by atoms with E-state index < -0.39 is 0 Å². The number of nitrogens with one attached hydrogen (secondary N) is 1. The molecule has 1 aromatic carbocycles. The van der Waals surface area contributed by atoms with Crippen molar-refractivity contribution in [3.05, 3.63) is 29.8 Å². The minimum Gasteiger partial charge on any atom is -0.497 e. The van der Waals surface area contributed by atoms with E-state index in [1.54, 1.807) is 7.11 Å². The third-order valence-electron chi connectivity index (χ3n) is 3.46. The fraction of sp³-hybridized carbons (Fsp3) is 0.647. The fourth-order valence-corrected chi connectivity index (χ4v) is 2.50. The number of methoxy groups -OCH3 is 1. The molecule has 20 heavy (non-hydrogen) atoms. The van der Waals surface area contributed by atoms with Crippen molar-refractivity contribution >= 4 is 0 Å². The fourth-order valence-electron chi connectivity index (χ4n) is 2.50. The SMILES string of the molecule is CCNC(CN(CC)CC(C)C)c1cccc(OC)c1. The Balaban J connectivity index is 2.80. The monoisotopic (exact) mass is 278 g/mol. The summed E-state index contributed by atoms with van der Waals surface area (Å²) in [5.41, 5.74) is 1.30. The van der Waals surface area contributed by atoms with Crippen LogP contribution in [-0.2, 0) is 0 Å². The zero-order chi connectivity index (χ0) is 15.0. The highest BCUT2D eigenvalue weighted by Gasteiger charge is 2.15. The molecule has 3 nitrogen and oxygen atoms in total. The van der Waals surface area contributed by atoms with E-state index >= 15 is 0 Å². The Kier molecular flexibility index (Phi) is 7.63. The molecule has 0 aliphatic carbocycles. The van der Waals surface area contributed by atoms with Crippen LogP contribution in [-0.4, -0.2) is 38.2 Å². The molecule has 0 radical (unpaired) electrons. The molecule has 0 saturated carbocycles. The van der Waals surface area contributed by atoms with Gasteiger partial charge in [-0.3, -0.25) is 0 Å². The smallest absolute Gasteiger partial charge is 0.119 e. The number of nitrogens with zero attached hydrogens (tertiary/aromatic N) is 1. The molecule has 0 fully saturated rings. The van der Waals surface area contributed by atoms with E-state index in [0.717, 1.165) is 31.9 Å². The van der Waals surface area contributed by atoms with Crippen LogP contribution in [0.5, 0.6) is 5.75 Å². The average Bonchev–Trinajstić information content (AvgIpc) is 2.45. The van der Waals surface area contributed by atoms with E-state index in [2.05, 4.69) is 56.1 Å². The van der Waals surface area contributed by atoms with Crippen LogP contribution in [0.1, 0.15) is 39.3 Å². The Morgan fingerprint density at radius 1 is 1.20 bits per heavy atom. The van der Waals surface area contributed by atoms with Crippen LogP contribution >= 0.6 is 0 Å². The van der Waals surface area contributed by atoms with E-state index in [-0.39, 0.29) is 0 Å². The molecule has 114 valence electrons. The Morgan fingerprint density at radius 2 is 1.95 bits per heavy atom. The maximum atomic E-state index is 5.34. The van der Waals surface area contributed by atoms with Gasteiger partial charge in [0.25, 0.3) is 0 Å². The van der Waals surface area contributed by atoms with Gasteiger partial charge in [0.15, 0.2) is 0 Å². The first-order valence-corrected chi connectivity index (χ1v) is 7.70. The number of benzene rings is 1. The summed E-state index contributed by atoms with van der Waals surface area (Å²) in [6, 6.07) is 8.74. The molecule has 0 heterocycles. The topological polar surface area (TPSA) is 24.5 Å². The van der Waals surface area contributed by atoms with Crippen LogP contribution in [0.4, 0.5) is 0 Å². The Bertz CT molecular complexity index is 379. The second-order valence-corrected chi connectivity index (χ2v) is 5.63. The molecule has 1 rings (SSSR count). The van der Waals surface area contributed by atoms with Crippen LogP contribution < -0.4 is 10.1 Å². The summed E-state index contributed by atoms with van der Waals surface area (Å²) in [7, 11) is 1.72. The minimum atomic E-state index is 0.355. The van der Waals surface area contributed by atoms with Crippen LogP contribution in [0.3, 0.4) is 0 Å². The summed E-state index contributed by atoms with van der Waals surface area (Å²) in [6.07, 6.45) is 0. The number of likely N-dealkylation sites (N-methyl/N-ethyl adjacent to an activating group) is 2. The second kappa shape index (κ2) is 8.98. The van der Waals surface area contributed by atoms with Gasteiger partial charge in [-0.1, -0.05) is 39.8 Å². The van der Waals surface area contributed by atoms with Crippen molar-refractivity contribution in [2.45, 2.75) is 33.7 Å². The summed E-state index contributed by atoms with van der Waals surface area (Å²) < 4.78 is 5.34. The van der Waals surface area contributed by atoms with Crippen LogP contribution in [0.15, 0.2) is 24.3 Å². The highest BCUT2D eigenvalue weighted by Crippen LogP contribution is 2.20. The molecule has 0 bridgehead atoms. The Hall–Kier alpha value is -1.06. The highest BCUT2D eigenvalue weighted by molar-refractivity contribution is 5.30. The van der Waals surface area contributed by atoms with Gasteiger partial charge in [0.2, 0.25) is 0 Å². The van der Waals surface area contributed by atoms with E-state index in [1.807, 2.05) is 6.07 Å². The number of hydrogen-bond acceptors (Lipinski definition) is 3. The van der Waals surface area contributed by atoms with Gasteiger partial charge in [0.1, 0.15) is 5.75 Å². The molecule has 0 aliphatic heterocycles. The second-order valence-electron chi connectivity index (χ2n) is 5.63. The summed E-state index contributed by atoms with van der Waals surface area (Å²) in [6.45, 7) is 13.2. The van der Waals surface area contributed by atoms with Crippen molar-refractivity contribution in [2.75, 3.05) is 33.3 Å². The molecule has 1 unspecified atom stereocenters. The van der Waals surface area contributed by atoms with Crippen molar-refractivity contribution in [3.63, 3.8) is 0 Å². The molecule has 0 amide bonds. The third kappa shape index (κ3) is 5.51. The highest BCUT2D eigenvalue weighted by atomic mass is 16.5.